The van der Waals surface area contributed by atoms with Gasteiger partial charge in [-0.3, -0.25) is 4.79 Å². The number of carbonyl (C=O) groups excluding carboxylic acids is 1. The van der Waals surface area contributed by atoms with Gasteiger partial charge in [0, 0.05) is 17.1 Å². The topological polar surface area (TPSA) is 46.3 Å². The number of nitrogen functional groups attached to an aromatic ring is 1. The first kappa shape index (κ1) is 13.1. The minimum atomic E-state index is -0.441. The molecule has 0 fully saturated rings. The normalized spacial score (nSPS) is 17.9. The molecule has 2 N–H and O–H groups in total. The number of thiophene rings is 1. The molecule has 0 saturated carbocycles. The van der Waals surface area contributed by atoms with Gasteiger partial charge in [0.25, 0.3) is 5.91 Å². The number of anilines is 1. The summed E-state index contributed by atoms with van der Waals surface area (Å²) in [6.07, 6.45) is 0.846. The molecule has 5 heteroatoms. The van der Waals surface area contributed by atoms with E-state index in [1.165, 1.54) is 28.6 Å². The van der Waals surface area contributed by atoms with Crippen LogP contribution in [0, 0.1) is 5.82 Å². The lowest BCUT2D eigenvalue weighted by Gasteiger charge is -2.34. The Bertz CT molecular complexity index is 668. The molecule has 1 amide bonds. The predicted molar refractivity (Wildman–Crippen MR) is 78.3 cm³/mol. The summed E-state index contributed by atoms with van der Waals surface area (Å²) in [6.45, 7) is 2.64. The number of hydrogen-bond acceptors (Lipinski definition) is 3. The molecule has 104 valence electrons. The van der Waals surface area contributed by atoms with E-state index >= 15 is 0 Å². The zero-order chi connectivity index (χ0) is 14.3. The van der Waals surface area contributed by atoms with Gasteiger partial charge in [-0.1, -0.05) is 0 Å². The first-order valence-corrected chi connectivity index (χ1v) is 7.38. The van der Waals surface area contributed by atoms with Crippen LogP contribution in [0.5, 0.6) is 0 Å². The van der Waals surface area contributed by atoms with Crippen LogP contribution in [0.15, 0.2) is 29.6 Å². The molecule has 0 spiro atoms. The van der Waals surface area contributed by atoms with Gasteiger partial charge in [-0.25, -0.2) is 4.39 Å². The lowest BCUT2D eigenvalue weighted by molar-refractivity contribution is 0.0680. The number of carbonyl (C=O) groups is 1. The van der Waals surface area contributed by atoms with Gasteiger partial charge in [-0.2, -0.15) is 0 Å². The van der Waals surface area contributed by atoms with E-state index in [0.717, 1.165) is 6.42 Å². The van der Waals surface area contributed by atoms with Crippen LogP contribution in [0.1, 0.15) is 33.8 Å². The fraction of sp³-hybridized carbons (Fsp3) is 0.267. The quantitative estimate of drug-likeness (QED) is 0.820. The van der Waals surface area contributed by atoms with Crippen LogP contribution < -0.4 is 5.73 Å². The van der Waals surface area contributed by atoms with Crippen molar-refractivity contribution in [3.05, 3.63) is 51.5 Å². The number of hydrogen-bond donors (Lipinski definition) is 1. The lowest BCUT2D eigenvalue weighted by atomic mass is 10.00. The molecule has 1 aromatic carbocycles. The third kappa shape index (κ3) is 2.08. The van der Waals surface area contributed by atoms with Crippen LogP contribution in [0.4, 0.5) is 10.1 Å². The molecular formula is C15H15FN2OS. The second kappa shape index (κ2) is 4.90. The van der Waals surface area contributed by atoms with Gasteiger partial charge in [-0.05, 0) is 48.6 Å². The van der Waals surface area contributed by atoms with Crippen LogP contribution in [0.2, 0.25) is 0 Å². The molecule has 1 unspecified atom stereocenters. The fourth-order valence-corrected chi connectivity index (χ4v) is 3.62. The predicted octanol–water partition coefficient (Wildman–Crippen LogP) is 3.23. The monoisotopic (exact) mass is 290 g/mol. The molecule has 0 bridgehead atoms. The maximum absolute atomic E-state index is 13.3. The third-order valence-corrected chi connectivity index (χ3v) is 4.78. The number of amides is 1. The molecule has 1 aliphatic rings. The number of halogens is 1. The molecule has 1 aliphatic heterocycles. The van der Waals surface area contributed by atoms with Crippen molar-refractivity contribution in [3.63, 3.8) is 0 Å². The maximum Gasteiger partial charge on any atom is 0.256 e. The summed E-state index contributed by atoms with van der Waals surface area (Å²) in [5.41, 5.74) is 7.55. The van der Waals surface area contributed by atoms with E-state index in [2.05, 4.69) is 6.07 Å². The minimum Gasteiger partial charge on any atom is -0.398 e. The molecular weight excluding hydrogens is 275 g/mol. The van der Waals surface area contributed by atoms with Crippen LogP contribution in [-0.2, 0) is 6.42 Å². The van der Waals surface area contributed by atoms with Crippen molar-refractivity contribution >= 4 is 22.9 Å². The summed E-state index contributed by atoms with van der Waals surface area (Å²) >= 11 is 1.72. The highest BCUT2D eigenvalue weighted by Gasteiger charge is 2.29. The Balaban J connectivity index is 1.94. The summed E-state index contributed by atoms with van der Waals surface area (Å²) in [6, 6.07) is 5.97. The summed E-state index contributed by atoms with van der Waals surface area (Å²) in [5, 5.41) is 2.05. The van der Waals surface area contributed by atoms with Crippen LogP contribution in [0.3, 0.4) is 0 Å². The SMILES string of the molecule is CC1c2ccsc2CCN1C(=O)c1cc(F)ccc1N. The number of nitrogens with two attached hydrogens (primary N) is 1. The Hall–Kier alpha value is -1.88. The van der Waals surface area contributed by atoms with Crippen molar-refractivity contribution < 1.29 is 9.18 Å². The summed E-state index contributed by atoms with van der Waals surface area (Å²) < 4.78 is 13.3. The number of benzene rings is 1. The van der Waals surface area contributed by atoms with E-state index in [1.807, 2.05) is 12.3 Å². The average molecular weight is 290 g/mol. The molecule has 1 atom stereocenters. The summed E-state index contributed by atoms with van der Waals surface area (Å²) in [4.78, 5) is 15.7. The molecule has 0 radical (unpaired) electrons. The largest absolute Gasteiger partial charge is 0.398 e. The zero-order valence-corrected chi connectivity index (χ0v) is 11.9. The van der Waals surface area contributed by atoms with Crippen LogP contribution in [-0.4, -0.2) is 17.4 Å². The van der Waals surface area contributed by atoms with Crippen molar-refractivity contribution in [3.8, 4) is 0 Å². The first-order valence-electron chi connectivity index (χ1n) is 6.50. The number of nitrogens with zero attached hydrogens (tertiary/aromatic N) is 1. The molecule has 1 aromatic heterocycles. The molecule has 2 aromatic rings. The Morgan fingerprint density at radius 3 is 3.05 bits per heavy atom. The van der Waals surface area contributed by atoms with E-state index < -0.39 is 5.82 Å². The third-order valence-electron chi connectivity index (χ3n) is 3.78. The highest BCUT2D eigenvalue weighted by Crippen LogP contribution is 2.34. The molecule has 3 nitrogen and oxygen atoms in total. The Morgan fingerprint density at radius 1 is 1.45 bits per heavy atom. The van der Waals surface area contributed by atoms with Gasteiger partial charge in [-0.15, -0.1) is 11.3 Å². The second-order valence-electron chi connectivity index (χ2n) is 4.96. The van der Waals surface area contributed by atoms with Crippen molar-refractivity contribution in [1.29, 1.82) is 0 Å². The van der Waals surface area contributed by atoms with Crippen LogP contribution >= 0.6 is 11.3 Å². The molecule has 0 saturated heterocycles. The van der Waals surface area contributed by atoms with E-state index in [-0.39, 0.29) is 17.5 Å². The van der Waals surface area contributed by atoms with Gasteiger partial charge < -0.3 is 10.6 Å². The Kier molecular flexibility index (Phi) is 3.22. The van der Waals surface area contributed by atoms with Gasteiger partial charge in [0.2, 0.25) is 0 Å². The molecule has 2 heterocycles. The van der Waals surface area contributed by atoms with Crippen molar-refractivity contribution in [2.24, 2.45) is 0 Å². The first-order chi connectivity index (χ1) is 9.58. The lowest BCUT2D eigenvalue weighted by Crippen LogP contribution is -2.38. The highest BCUT2D eigenvalue weighted by atomic mass is 32.1. The number of fused-ring (bicyclic) bond motifs is 1. The standard InChI is InChI=1S/C15H15FN2OS/c1-9-11-5-7-20-14(11)4-6-18(9)15(19)12-8-10(16)2-3-13(12)17/h2-3,5,7-9H,4,6,17H2,1H3. The van der Waals surface area contributed by atoms with Crippen molar-refractivity contribution in [2.45, 2.75) is 19.4 Å². The van der Waals surface area contributed by atoms with Gasteiger partial charge in [0.15, 0.2) is 0 Å². The van der Waals surface area contributed by atoms with Gasteiger partial charge in [0.05, 0.1) is 11.6 Å². The van der Waals surface area contributed by atoms with Crippen molar-refractivity contribution in [2.75, 3.05) is 12.3 Å². The van der Waals surface area contributed by atoms with E-state index in [9.17, 15) is 9.18 Å². The molecule has 0 aliphatic carbocycles. The van der Waals surface area contributed by atoms with E-state index in [4.69, 9.17) is 5.73 Å². The van der Waals surface area contributed by atoms with Crippen LogP contribution in [0.25, 0.3) is 0 Å². The van der Waals surface area contributed by atoms with E-state index in [1.54, 1.807) is 16.2 Å². The number of rotatable bonds is 1. The highest BCUT2D eigenvalue weighted by molar-refractivity contribution is 7.10. The smallest absolute Gasteiger partial charge is 0.256 e. The fourth-order valence-electron chi connectivity index (χ4n) is 2.66. The van der Waals surface area contributed by atoms with Gasteiger partial charge >= 0.3 is 0 Å². The Morgan fingerprint density at radius 2 is 2.25 bits per heavy atom. The van der Waals surface area contributed by atoms with Gasteiger partial charge in [0.1, 0.15) is 5.82 Å². The van der Waals surface area contributed by atoms with Crippen molar-refractivity contribution in [1.82, 2.24) is 4.90 Å². The Labute approximate surface area is 120 Å². The second-order valence-corrected chi connectivity index (χ2v) is 5.96. The average Bonchev–Trinajstić information content (AvgIpc) is 2.90. The summed E-state index contributed by atoms with van der Waals surface area (Å²) in [7, 11) is 0. The molecule has 20 heavy (non-hydrogen) atoms. The molecule has 3 rings (SSSR count). The minimum absolute atomic E-state index is 0.000155. The van der Waals surface area contributed by atoms with E-state index in [0.29, 0.717) is 12.2 Å². The summed E-state index contributed by atoms with van der Waals surface area (Å²) in [5.74, 6) is -0.644. The zero-order valence-electron chi connectivity index (χ0n) is 11.1. The maximum atomic E-state index is 13.3.